The molecule has 28 heavy (non-hydrogen) atoms. The Kier molecular flexibility index (Phi) is 3.82. The second-order valence-electron chi connectivity index (χ2n) is 6.77. The van der Waals surface area contributed by atoms with Gasteiger partial charge in [-0.15, -0.1) is 5.10 Å². The Morgan fingerprint density at radius 2 is 1.86 bits per heavy atom. The average Bonchev–Trinajstić information content (AvgIpc) is 3.48. The average molecular weight is 374 g/mol. The number of anilines is 1. The highest BCUT2D eigenvalue weighted by Crippen LogP contribution is 2.24. The predicted octanol–water partition coefficient (Wildman–Crippen LogP) is 2.87. The zero-order chi connectivity index (χ0) is 19.1. The van der Waals surface area contributed by atoms with Crippen molar-refractivity contribution in [2.45, 2.75) is 12.8 Å². The summed E-state index contributed by atoms with van der Waals surface area (Å²) in [6, 6.07) is 11.0. The van der Waals surface area contributed by atoms with E-state index < -0.39 is 0 Å². The Morgan fingerprint density at radius 1 is 1.07 bits per heavy atom. The van der Waals surface area contributed by atoms with Gasteiger partial charge in [0.2, 0.25) is 5.82 Å². The van der Waals surface area contributed by atoms with E-state index in [1.807, 2.05) is 29.2 Å². The summed E-state index contributed by atoms with van der Waals surface area (Å²) in [5, 5.41) is 4.43. The number of carbonyl (C=O) groups excluding carboxylic acids is 1. The lowest BCUT2D eigenvalue weighted by Crippen LogP contribution is -2.27. The highest BCUT2D eigenvalue weighted by atomic mass is 16.3. The molecule has 1 saturated heterocycles. The van der Waals surface area contributed by atoms with Crippen LogP contribution in [0.2, 0.25) is 0 Å². The minimum absolute atomic E-state index is 0.0753. The lowest BCUT2D eigenvalue weighted by atomic mass is 10.1. The molecule has 0 saturated carbocycles. The first-order valence-corrected chi connectivity index (χ1v) is 9.15. The molecule has 0 aliphatic carbocycles. The molecule has 0 spiro atoms. The quantitative estimate of drug-likeness (QED) is 0.591. The zero-order valence-electron chi connectivity index (χ0n) is 15.1. The molecule has 8 nitrogen and oxygen atoms in total. The van der Waals surface area contributed by atoms with Crippen molar-refractivity contribution in [3.05, 3.63) is 54.4 Å². The Bertz CT molecular complexity index is 1140. The second kappa shape index (κ2) is 6.49. The molecule has 1 amide bonds. The molecule has 5 rings (SSSR count). The molecule has 8 heteroatoms. The molecule has 4 heterocycles. The van der Waals surface area contributed by atoms with Crippen LogP contribution in [0.1, 0.15) is 23.2 Å². The van der Waals surface area contributed by atoms with Gasteiger partial charge in [-0.25, -0.2) is 14.5 Å². The Hall–Kier alpha value is -3.68. The maximum atomic E-state index is 12.5. The van der Waals surface area contributed by atoms with Gasteiger partial charge in [-0.3, -0.25) is 4.79 Å². The Labute approximate surface area is 160 Å². The normalized spacial score (nSPS) is 14.1. The van der Waals surface area contributed by atoms with Crippen molar-refractivity contribution in [1.29, 1.82) is 0 Å². The summed E-state index contributed by atoms with van der Waals surface area (Å²) < 4.78 is 6.94. The number of rotatable bonds is 3. The number of nitrogens with two attached hydrogens (primary N) is 1. The van der Waals surface area contributed by atoms with Crippen LogP contribution in [0.4, 0.5) is 5.82 Å². The second-order valence-corrected chi connectivity index (χ2v) is 6.77. The van der Waals surface area contributed by atoms with Crippen LogP contribution in [0, 0.1) is 0 Å². The van der Waals surface area contributed by atoms with Gasteiger partial charge in [0.15, 0.2) is 17.2 Å². The molecule has 1 aromatic carbocycles. The predicted molar refractivity (Wildman–Crippen MR) is 103 cm³/mol. The van der Waals surface area contributed by atoms with Crippen LogP contribution in [-0.2, 0) is 0 Å². The van der Waals surface area contributed by atoms with Gasteiger partial charge in [-0.05, 0) is 37.1 Å². The van der Waals surface area contributed by atoms with Crippen LogP contribution in [0.5, 0.6) is 0 Å². The smallest absolute Gasteiger partial charge is 0.253 e. The van der Waals surface area contributed by atoms with Crippen LogP contribution in [0.25, 0.3) is 28.5 Å². The monoisotopic (exact) mass is 374 g/mol. The number of likely N-dealkylation sites (tertiary alicyclic amines) is 1. The SMILES string of the molecule is Nc1nc(-c2ccc(C(=O)N3CCCC3)cc2)cn2nc(-c3ccco3)nc12. The third kappa shape index (κ3) is 2.79. The van der Waals surface area contributed by atoms with E-state index in [1.54, 1.807) is 29.1 Å². The molecule has 140 valence electrons. The highest BCUT2D eigenvalue weighted by molar-refractivity contribution is 5.94. The number of hydrogen-bond donors (Lipinski definition) is 1. The minimum atomic E-state index is 0.0753. The summed E-state index contributed by atoms with van der Waals surface area (Å²) in [6.45, 7) is 1.67. The summed E-state index contributed by atoms with van der Waals surface area (Å²) in [5.74, 6) is 1.36. The van der Waals surface area contributed by atoms with E-state index in [1.165, 1.54) is 0 Å². The van der Waals surface area contributed by atoms with Crippen molar-refractivity contribution in [1.82, 2.24) is 24.5 Å². The van der Waals surface area contributed by atoms with Gasteiger partial charge in [0.1, 0.15) is 0 Å². The van der Waals surface area contributed by atoms with E-state index in [4.69, 9.17) is 10.2 Å². The van der Waals surface area contributed by atoms with E-state index in [0.29, 0.717) is 28.5 Å². The molecule has 0 bridgehead atoms. The summed E-state index contributed by atoms with van der Waals surface area (Å²) in [5.41, 5.74) is 8.75. The maximum Gasteiger partial charge on any atom is 0.253 e. The van der Waals surface area contributed by atoms with Crippen molar-refractivity contribution in [3.63, 3.8) is 0 Å². The number of furan rings is 1. The molecule has 1 fully saturated rings. The van der Waals surface area contributed by atoms with Gasteiger partial charge < -0.3 is 15.1 Å². The van der Waals surface area contributed by atoms with Crippen molar-refractivity contribution >= 4 is 17.4 Å². The molecule has 0 radical (unpaired) electrons. The van der Waals surface area contributed by atoms with Crippen LogP contribution in [-0.4, -0.2) is 43.5 Å². The molecule has 2 N–H and O–H groups in total. The van der Waals surface area contributed by atoms with Crippen LogP contribution < -0.4 is 5.73 Å². The minimum Gasteiger partial charge on any atom is -0.461 e. The Morgan fingerprint density at radius 3 is 2.57 bits per heavy atom. The first kappa shape index (κ1) is 16.5. The fourth-order valence-electron chi connectivity index (χ4n) is 3.45. The molecular weight excluding hydrogens is 356 g/mol. The summed E-state index contributed by atoms with van der Waals surface area (Å²) >= 11 is 0. The summed E-state index contributed by atoms with van der Waals surface area (Å²) in [7, 11) is 0. The van der Waals surface area contributed by atoms with Gasteiger partial charge in [-0.2, -0.15) is 0 Å². The molecule has 0 atom stereocenters. The lowest BCUT2D eigenvalue weighted by molar-refractivity contribution is 0.0793. The number of benzene rings is 1. The molecule has 0 unspecified atom stereocenters. The van der Waals surface area contributed by atoms with Gasteiger partial charge in [0.05, 0.1) is 18.2 Å². The number of aromatic nitrogens is 4. The number of hydrogen-bond acceptors (Lipinski definition) is 6. The number of amides is 1. The zero-order valence-corrected chi connectivity index (χ0v) is 15.1. The fourth-order valence-corrected chi connectivity index (χ4v) is 3.45. The van der Waals surface area contributed by atoms with Gasteiger partial charge in [-0.1, -0.05) is 12.1 Å². The summed E-state index contributed by atoms with van der Waals surface area (Å²) in [6.07, 6.45) is 5.48. The summed E-state index contributed by atoms with van der Waals surface area (Å²) in [4.78, 5) is 23.2. The van der Waals surface area contributed by atoms with E-state index >= 15 is 0 Å². The molecule has 1 aliphatic rings. The molecule has 3 aromatic heterocycles. The van der Waals surface area contributed by atoms with Crippen LogP contribution >= 0.6 is 0 Å². The van der Waals surface area contributed by atoms with Gasteiger partial charge in [0, 0.05) is 24.2 Å². The highest BCUT2D eigenvalue weighted by Gasteiger charge is 2.19. The van der Waals surface area contributed by atoms with Crippen molar-refractivity contribution in [2.24, 2.45) is 0 Å². The third-order valence-electron chi connectivity index (χ3n) is 4.91. The van der Waals surface area contributed by atoms with E-state index in [-0.39, 0.29) is 11.7 Å². The van der Waals surface area contributed by atoms with Crippen LogP contribution in [0.15, 0.2) is 53.3 Å². The van der Waals surface area contributed by atoms with E-state index in [2.05, 4.69) is 15.1 Å². The number of carbonyl (C=O) groups is 1. The first-order chi connectivity index (χ1) is 13.7. The number of nitrogen functional groups attached to an aromatic ring is 1. The van der Waals surface area contributed by atoms with Gasteiger partial charge in [0.25, 0.3) is 5.91 Å². The van der Waals surface area contributed by atoms with Crippen LogP contribution in [0.3, 0.4) is 0 Å². The molecule has 1 aliphatic heterocycles. The van der Waals surface area contributed by atoms with E-state index in [9.17, 15) is 4.79 Å². The largest absolute Gasteiger partial charge is 0.461 e. The maximum absolute atomic E-state index is 12.5. The van der Waals surface area contributed by atoms with Crippen molar-refractivity contribution in [2.75, 3.05) is 18.8 Å². The molecular formula is C20H18N6O2. The lowest BCUT2D eigenvalue weighted by Gasteiger charge is -2.15. The van der Waals surface area contributed by atoms with E-state index in [0.717, 1.165) is 31.5 Å². The third-order valence-corrected chi connectivity index (χ3v) is 4.91. The Balaban J connectivity index is 1.48. The van der Waals surface area contributed by atoms with Crippen molar-refractivity contribution in [3.8, 4) is 22.8 Å². The standard InChI is InChI=1S/C20H18N6O2/c21-17-19-23-18(16-4-3-11-28-16)24-26(19)12-15(22-17)13-5-7-14(8-6-13)20(27)25-9-1-2-10-25/h3-8,11-12H,1-2,9-10H2,(H2,21,22). The topological polar surface area (TPSA) is 103 Å². The van der Waals surface area contributed by atoms with Gasteiger partial charge >= 0.3 is 0 Å². The number of fused-ring (bicyclic) bond motifs is 1. The fraction of sp³-hybridized carbons (Fsp3) is 0.200. The van der Waals surface area contributed by atoms with Crippen molar-refractivity contribution < 1.29 is 9.21 Å². The first-order valence-electron chi connectivity index (χ1n) is 9.15. The molecule has 4 aromatic rings. The number of nitrogens with zero attached hydrogens (tertiary/aromatic N) is 5.